The van der Waals surface area contributed by atoms with E-state index in [-0.39, 0.29) is 0 Å². The minimum Gasteiger partial charge on any atom is -0.493 e. The summed E-state index contributed by atoms with van der Waals surface area (Å²) in [6, 6.07) is 6.34. The Bertz CT molecular complexity index is 1490. The van der Waals surface area contributed by atoms with Gasteiger partial charge < -0.3 is 82.7 Å². The first kappa shape index (κ1) is 43.0. The Kier molecular flexibility index (Phi) is 15.5. The Hall–Kier alpha value is -4.70. The summed E-state index contributed by atoms with van der Waals surface area (Å²) in [5.41, 5.74) is 0.983. The molecule has 0 aromatic heterocycles. The van der Waals surface area contributed by atoms with Gasteiger partial charge in [0.25, 0.3) is 0 Å². The summed E-state index contributed by atoms with van der Waals surface area (Å²) in [7, 11) is 8.61. The van der Waals surface area contributed by atoms with Gasteiger partial charge in [-0.1, -0.05) is 0 Å². The molecule has 2 aliphatic heterocycles. The third kappa shape index (κ3) is 10.3. The van der Waals surface area contributed by atoms with Gasteiger partial charge >= 0.3 is 11.9 Å². The first-order valence-electron chi connectivity index (χ1n) is 16.6. The van der Waals surface area contributed by atoms with Crippen LogP contribution >= 0.6 is 0 Å². The number of esters is 2. The van der Waals surface area contributed by atoms with Crippen molar-refractivity contribution in [3.05, 3.63) is 47.5 Å². The average Bonchev–Trinajstić information content (AvgIpc) is 3.20. The SMILES string of the molecule is COc1cc(/C=C/C(=O)OC[C@H]2O[C@H](O[C@H]3O[C@H](COC(=O)/C=C/c4cc(OC)c(OC)c(OC)c4)[C@@H](O)[C@H](O)[C@H]3O)[C@H](O)[C@@H](O)[C@@H]2O)cc(OC)c1OC. The summed E-state index contributed by atoms with van der Waals surface area (Å²) in [6.07, 6.45) is -12.7. The Labute approximate surface area is 315 Å². The van der Waals surface area contributed by atoms with Gasteiger partial charge in [0, 0.05) is 12.2 Å². The van der Waals surface area contributed by atoms with Crippen LogP contribution in [-0.2, 0) is 33.3 Å². The molecule has 55 heavy (non-hydrogen) atoms. The van der Waals surface area contributed by atoms with Crippen LogP contribution in [0, 0.1) is 0 Å². The molecule has 2 saturated heterocycles. The van der Waals surface area contributed by atoms with Crippen molar-refractivity contribution in [2.45, 2.75) is 61.4 Å². The first-order valence-corrected chi connectivity index (χ1v) is 16.6. The standard InChI is InChI=1S/C36H46O19/c1-45-19-11-17(12-20(46-2)33(19)49-5)7-9-25(37)51-15-23-27(39)29(41)31(43)35(53-23)55-36-32(44)30(42)28(40)24(54-36)16-52-26(38)10-8-18-13-21(47-3)34(50-6)22(14-18)48-4/h7-14,23-24,27-32,35-36,39-44H,15-16H2,1-6H3/b9-7+,10-8+/t23-,24-,27-,28-,29+,30+,31-,32-,35-,36-/m1/s1. The van der Waals surface area contributed by atoms with Gasteiger partial charge in [0.2, 0.25) is 11.5 Å². The second-order valence-corrected chi connectivity index (χ2v) is 12.0. The molecule has 10 atom stereocenters. The van der Waals surface area contributed by atoms with Crippen molar-refractivity contribution in [2.24, 2.45) is 0 Å². The lowest BCUT2D eigenvalue weighted by atomic mass is 9.98. The molecule has 0 radical (unpaired) electrons. The van der Waals surface area contributed by atoms with Crippen molar-refractivity contribution < 1.29 is 92.3 Å². The Morgan fingerprint density at radius 2 is 0.855 bits per heavy atom. The topological polar surface area (TPSA) is 257 Å². The highest BCUT2D eigenvalue weighted by atomic mass is 16.8. The molecule has 6 N–H and O–H groups in total. The zero-order valence-electron chi connectivity index (χ0n) is 30.8. The molecule has 2 heterocycles. The molecule has 19 nitrogen and oxygen atoms in total. The summed E-state index contributed by atoms with van der Waals surface area (Å²) in [6.45, 7) is -1.25. The Morgan fingerprint density at radius 1 is 0.527 bits per heavy atom. The van der Waals surface area contributed by atoms with E-state index in [2.05, 4.69) is 0 Å². The van der Waals surface area contributed by atoms with Crippen LogP contribution in [0.1, 0.15) is 11.1 Å². The maximum Gasteiger partial charge on any atom is 0.330 e. The smallest absolute Gasteiger partial charge is 0.330 e. The molecule has 2 fully saturated rings. The molecular formula is C36H46O19. The molecule has 4 rings (SSSR count). The highest BCUT2D eigenvalue weighted by Gasteiger charge is 2.50. The van der Waals surface area contributed by atoms with Crippen molar-refractivity contribution in [1.82, 2.24) is 0 Å². The summed E-state index contributed by atoms with van der Waals surface area (Å²) in [5.74, 6) is 0.316. The highest BCUT2D eigenvalue weighted by Crippen LogP contribution is 2.39. The quantitative estimate of drug-likeness (QED) is 0.0898. The predicted molar refractivity (Wildman–Crippen MR) is 187 cm³/mol. The van der Waals surface area contributed by atoms with Crippen LogP contribution in [0.2, 0.25) is 0 Å². The molecule has 0 aliphatic carbocycles. The van der Waals surface area contributed by atoms with Crippen LogP contribution in [0.3, 0.4) is 0 Å². The van der Waals surface area contributed by atoms with E-state index in [1.54, 1.807) is 24.3 Å². The lowest BCUT2D eigenvalue weighted by Gasteiger charge is -2.44. The van der Waals surface area contributed by atoms with Gasteiger partial charge in [0.05, 0.1) is 42.7 Å². The van der Waals surface area contributed by atoms with E-state index in [0.717, 1.165) is 12.2 Å². The molecular weight excluding hydrogens is 736 g/mol. The maximum absolute atomic E-state index is 12.6. The van der Waals surface area contributed by atoms with E-state index in [1.807, 2.05) is 0 Å². The van der Waals surface area contributed by atoms with Gasteiger partial charge in [-0.05, 0) is 47.5 Å². The molecule has 2 aromatic carbocycles. The van der Waals surface area contributed by atoms with Crippen molar-refractivity contribution in [3.8, 4) is 34.5 Å². The van der Waals surface area contributed by atoms with Gasteiger partial charge in [0.1, 0.15) is 62.0 Å². The number of carbonyl (C=O) groups excluding carboxylic acids is 2. The minimum absolute atomic E-state index is 0.342. The lowest BCUT2D eigenvalue weighted by Crippen LogP contribution is -2.64. The number of benzene rings is 2. The summed E-state index contributed by atoms with van der Waals surface area (Å²) >= 11 is 0. The molecule has 304 valence electrons. The van der Waals surface area contributed by atoms with Gasteiger partial charge in [-0.15, -0.1) is 0 Å². The Balaban J connectivity index is 1.36. The number of ether oxygens (including phenoxy) is 11. The largest absolute Gasteiger partial charge is 0.493 e. The van der Waals surface area contributed by atoms with Crippen LogP contribution in [0.25, 0.3) is 12.2 Å². The first-order chi connectivity index (χ1) is 26.3. The number of hydrogen-bond donors (Lipinski definition) is 6. The van der Waals surface area contributed by atoms with E-state index >= 15 is 0 Å². The van der Waals surface area contributed by atoms with Gasteiger partial charge in [0.15, 0.2) is 35.6 Å². The van der Waals surface area contributed by atoms with Crippen molar-refractivity contribution in [3.63, 3.8) is 0 Å². The monoisotopic (exact) mass is 782 g/mol. The van der Waals surface area contributed by atoms with E-state index in [4.69, 9.17) is 52.1 Å². The molecule has 0 bridgehead atoms. The van der Waals surface area contributed by atoms with Gasteiger partial charge in [-0.2, -0.15) is 0 Å². The zero-order valence-corrected chi connectivity index (χ0v) is 30.8. The third-order valence-corrected chi connectivity index (χ3v) is 8.58. The molecule has 2 aliphatic rings. The number of methoxy groups -OCH3 is 6. The normalized spacial score (nSPS) is 28.1. The van der Waals surface area contributed by atoms with E-state index in [0.29, 0.717) is 45.6 Å². The fourth-order valence-corrected chi connectivity index (χ4v) is 5.61. The summed E-state index contributed by atoms with van der Waals surface area (Å²) < 4.78 is 58.8. The van der Waals surface area contributed by atoms with E-state index in [9.17, 15) is 40.2 Å². The number of carbonyl (C=O) groups is 2. The van der Waals surface area contributed by atoms with Crippen LogP contribution in [-0.4, -0.2) is 160 Å². The number of rotatable bonds is 16. The summed E-state index contributed by atoms with van der Waals surface area (Å²) in [4.78, 5) is 25.1. The average molecular weight is 783 g/mol. The molecule has 0 unspecified atom stereocenters. The predicted octanol–water partition coefficient (Wildman–Crippen LogP) is -0.817. The van der Waals surface area contributed by atoms with Gasteiger partial charge in [-0.25, -0.2) is 9.59 Å². The molecule has 0 saturated carbocycles. The highest BCUT2D eigenvalue weighted by molar-refractivity contribution is 5.88. The zero-order chi connectivity index (χ0) is 40.4. The lowest BCUT2D eigenvalue weighted by molar-refractivity contribution is -0.376. The third-order valence-electron chi connectivity index (χ3n) is 8.58. The summed E-state index contributed by atoms with van der Waals surface area (Å²) in [5, 5.41) is 63.3. The second kappa shape index (κ2) is 19.8. The van der Waals surface area contributed by atoms with Crippen LogP contribution in [0.4, 0.5) is 0 Å². The van der Waals surface area contributed by atoms with Crippen molar-refractivity contribution >= 4 is 24.1 Å². The van der Waals surface area contributed by atoms with Crippen LogP contribution < -0.4 is 28.4 Å². The van der Waals surface area contributed by atoms with Crippen LogP contribution in [0.15, 0.2) is 36.4 Å². The van der Waals surface area contributed by atoms with Crippen molar-refractivity contribution in [2.75, 3.05) is 55.9 Å². The van der Waals surface area contributed by atoms with Gasteiger partial charge in [-0.3, -0.25) is 0 Å². The fraction of sp³-hybridized carbons (Fsp3) is 0.500. The van der Waals surface area contributed by atoms with Crippen molar-refractivity contribution in [1.29, 1.82) is 0 Å². The van der Waals surface area contributed by atoms with E-state index in [1.165, 1.54) is 54.8 Å². The number of aliphatic hydroxyl groups is 6. The molecule has 0 spiro atoms. The molecule has 19 heteroatoms. The molecule has 2 aromatic rings. The van der Waals surface area contributed by atoms with Crippen LogP contribution in [0.5, 0.6) is 34.5 Å². The second-order valence-electron chi connectivity index (χ2n) is 12.0. The number of aliphatic hydroxyl groups excluding tert-OH is 6. The minimum atomic E-state index is -1.92. The fourth-order valence-electron chi connectivity index (χ4n) is 5.61. The Morgan fingerprint density at radius 3 is 1.15 bits per heavy atom. The van der Waals surface area contributed by atoms with E-state index < -0.39 is 86.6 Å². The number of hydrogen-bond acceptors (Lipinski definition) is 19. The molecule has 0 amide bonds. The maximum atomic E-state index is 12.6.